The average molecular weight is 246 g/mol. The molecule has 0 heteroatoms. The first-order valence-corrected chi connectivity index (χ1v) is 6.90. The summed E-state index contributed by atoms with van der Waals surface area (Å²) in [7, 11) is 0. The summed E-state index contributed by atoms with van der Waals surface area (Å²) in [6.45, 7) is 3.82. The van der Waals surface area contributed by atoms with Crippen molar-refractivity contribution in [3.63, 3.8) is 0 Å². The van der Waals surface area contributed by atoms with Crippen LogP contribution in [-0.4, -0.2) is 0 Å². The van der Waals surface area contributed by atoms with E-state index in [1.165, 1.54) is 33.5 Å². The summed E-state index contributed by atoms with van der Waals surface area (Å²) >= 11 is 0. The van der Waals surface area contributed by atoms with Crippen LogP contribution >= 0.6 is 0 Å². The number of unbranched alkanes of at least 4 members (excludes halogenated alkanes) is 1. The lowest BCUT2D eigenvalue weighted by Gasteiger charge is -2.11. The van der Waals surface area contributed by atoms with Gasteiger partial charge in [-0.25, -0.2) is 0 Å². The lowest BCUT2D eigenvalue weighted by atomic mass is 9.93. The monoisotopic (exact) mass is 246 g/mol. The van der Waals surface area contributed by atoms with Gasteiger partial charge in [0.2, 0.25) is 0 Å². The fourth-order valence-electron chi connectivity index (χ4n) is 2.80. The third-order valence-electron chi connectivity index (χ3n) is 3.72. The smallest absolute Gasteiger partial charge is 0.0146 e. The molecule has 0 amide bonds. The minimum atomic E-state index is 1.08. The third-order valence-corrected chi connectivity index (χ3v) is 3.72. The van der Waals surface area contributed by atoms with Gasteiger partial charge in [0.25, 0.3) is 0 Å². The zero-order chi connectivity index (χ0) is 13.1. The molecule has 0 spiro atoms. The van der Waals surface area contributed by atoms with Crippen LogP contribution in [0.15, 0.2) is 67.3 Å². The van der Waals surface area contributed by atoms with Crippen LogP contribution in [0.3, 0.4) is 0 Å². The Morgan fingerprint density at radius 2 is 1.42 bits per heavy atom. The molecule has 0 aliphatic rings. The highest BCUT2D eigenvalue weighted by atomic mass is 14.1. The van der Waals surface area contributed by atoms with Gasteiger partial charge in [0.15, 0.2) is 0 Å². The zero-order valence-corrected chi connectivity index (χ0v) is 11.1. The Hall–Kier alpha value is -2.08. The van der Waals surface area contributed by atoms with Crippen LogP contribution in [-0.2, 0) is 6.42 Å². The van der Waals surface area contributed by atoms with Crippen LogP contribution < -0.4 is 0 Å². The number of aryl methyl sites for hydroxylation is 1. The number of allylic oxidation sites excluding steroid dienone is 1. The van der Waals surface area contributed by atoms with Gasteiger partial charge in [0.05, 0.1) is 0 Å². The Bertz CT molecular complexity index is 668. The van der Waals surface area contributed by atoms with Crippen LogP contribution in [0.1, 0.15) is 18.4 Å². The molecule has 19 heavy (non-hydrogen) atoms. The highest BCUT2D eigenvalue weighted by Crippen LogP contribution is 2.29. The van der Waals surface area contributed by atoms with Gasteiger partial charge < -0.3 is 0 Å². The molecule has 0 aliphatic carbocycles. The lowest BCUT2D eigenvalue weighted by molar-refractivity contribution is 0.854. The van der Waals surface area contributed by atoms with Gasteiger partial charge in [-0.2, -0.15) is 0 Å². The van der Waals surface area contributed by atoms with Crippen molar-refractivity contribution in [2.45, 2.75) is 19.3 Å². The van der Waals surface area contributed by atoms with Crippen molar-refractivity contribution in [2.75, 3.05) is 0 Å². The quantitative estimate of drug-likeness (QED) is 0.324. The Balaban J connectivity index is 2.23. The normalized spacial score (nSPS) is 10.9. The van der Waals surface area contributed by atoms with E-state index in [-0.39, 0.29) is 0 Å². The van der Waals surface area contributed by atoms with Crippen molar-refractivity contribution < 1.29 is 0 Å². The Morgan fingerprint density at radius 1 is 0.842 bits per heavy atom. The van der Waals surface area contributed by atoms with Crippen molar-refractivity contribution in [1.82, 2.24) is 0 Å². The van der Waals surface area contributed by atoms with Gasteiger partial charge in [-0.15, -0.1) is 6.58 Å². The molecule has 0 saturated carbocycles. The first-order valence-electron chi connectivity index (χ1n) is 6.90. The largest absolute Gasteiger partial charge is 0.103 e. The fraction of sp³-hybridized carbons (Fsp3) is 0.158. The lowest BCUT2D eigenvalue weighted by Crippen LogP contribution is -1.90. The maximum Gasteiger partial charge on any atom is -0.0146 e. The van der Waals surface area contributed by atoms with Crippen LogP contribution in [0.5, 0.6) is 0 Å². The van der Waals surface area contributed by atoms with Crippen LogP contribution in [0, 0.1) is 0 Å². The minimum Gasteiger partial charge on any atom is -0.103 e. The molecule has 3 aromatic carbocycles. The molecule has 0 atom stereocenters. The predicted molar refractivity (Wildman–Crippen MR) is 84.6 cm³/mol. The number of rotatable bonds is 4. The standard InChI is InChI=1S/C19H18/c1-2-3-4-13-19-17-11-7-5-9-15(17)14-16-10-6-8-12-18(16)19/h2,5-12,14H,1,3-4,13H2. The molecule has 0 unspecified atom stereocenters. The SMILES string of the molecule is C=CCCCc1c2ccccc2cc2ccccc12. The van der Waals surface area contributed by atoms with Crippen molar-refractivity contribution in [1.29, 1.82) is 0 Å². The predicted octanol–water partition coefficient (Wildman–Crippen LogP) is 5.50. The molecule has 0 saturated heterocycles. The summed E-state index contributed by atoms with van der Waals surface area (Å²) in [5.74, 6) is 0. The fourth-order valence-corrected chi connectivity index (χ4v) is 2.80. The molecular weight excluding hydrogens is 228 g/mol. The number of fused-ring (bicyclic) bond motifs is 2. The van der Waals surface area contributed by atoms with Crippen molar-refractivity contribution in [3.05, 3.63) is 72.8 Å². The van der Waals surface area contributed by atoms with E-state index in [1.54, 1.807) is 0 Å². The van der Waals surface area contributed by atoms with E-state index >= 15 is 0 Å². The maximum atomic E-state index is 3.82. The summed E-state index contributed by atoms with van der Waals surface area (Å²) in [5.41, 5.74) is 1.48. The van der Waals surface area contributed by atoms with E-state index in [2.05, 4.69) is 61.2 Å². The molecule has 0 aromatic heterocycles. The van der Waals surface area contributed by atoms with Gasteiger partial charge in [0.1, 0.15) is 0 Å². The van der Waals surface area contributed by atoms with Gasteiger partial charge in [-0.3, -0.25) is 0 Å². The first kappa shape index (κ1) is 12.0. The average Bonchev–Trinajstić information content (AvgIpc) is 2.46. The summed E-state index contributed by atoms with van der Waals surface area (Å²) in [6, 6.07) is 19.7. The summed E-state index contributed by atoms with van der Waals surface area (Å²) < 4.78 is 0. The van der Waals surface area contributed by atoms with Crippen LogP contribution in [0.4, 0.5) is 0 Å². The molecule has 0 aliphatic heterocycles. The second kappa shape index (κ2) is 5.27. The number of benzene rings is 3. The van der Waals surface area contributed by atoms with Gasteiger partial charge in [-0.1, -0.05) is 54.6 Å². The zero-order valence-electron chi connectivity index (χ0n) is 11.1. The van der Waals surface area contributed by atoms with E-state index in [1.807, 2.05) is 6.08 Å². The van der Waals surface area contributed by atoms with Gasteiger partial charge in [0, 0.05) is 0 Å². The molecule has 0 radical (unpaired) electrons. The van der Waals surface area contributed by atoms with E-state index in [9.17, 15) is 0 Å². The topological polar surface area (TPSA) is 0 Å². The minimum absolute atomic E-state index is 1.08. The Morgan fingerprint density at radius 3 is 2.00 bits per heavy atom. The summed E-state index contributed by atoms with van der Waals surface area (Å²) in [6.07, 6.45) is 5.38. The molecule has 0 N–H and O–H groups in total. The molecule has 94 valence electrons. The summed E-state index contributed by atoms with van der Waals surface area (Å²) in [4.78, 5) is 0. The molecule has 0 bridgehead atoms. The van der Waals surface area contributed by atoms with Crippen LogP contribution in [0.2, 0.25) is 0 Å². The van der Waals surface area contributed by atoms with Crippen molar-refractivity contribution in [2.24, 2.45) is 0 Å². The van der Waals surface area contributed by atoms with Crippen molar-refractivity contribution >= 4 is 21.5 Å². The molecule has 0 nitrogen and oxygen atoms in total. The highest BCUT2D eigenvalue weighted by Gasteiger charge is 2.06. The van der Waals surface area contributed by atoms with E-state index in [4.69, 9.17) is 0 Å². The molecular formula is C19H18. The van der Waals surface area contributed by atoms with Crippen LogP contribution in [0.25, 0.3) is 21.5 Å². The third kappa shape index (κ3) is 2.26. The van der Waals surface area contributed by atoms with Gasteiger partial charge in [-0.05, 0) is 52.4 Å². The maximum absolute atomic E-state index is 3.82. The first-order chi connectivity index (χ1) is 9.40. The Labute approximate surface area is 114 Å². The number of hydrogen-bond donors (Lipinski definition) is 0. The number of hydrogen-bond acceptors (Lipinski definition) is 0. The molecule has 3 rings (SSSR count). The second-order valence-corrected chi connectivity index (χ2v) is 4.98. The van der Waals surface area contributed by atoms with E-state index < -0.39 is 0 Å². The molecule has 0 heterocycles. The second-order valence-electron chi connectivity index (χ2n) is 4.98. The molecule has 3 aromatic rings. The van der Waals surface area contributed by atoms with E-state index in [0.717, 1.165) is 12.8 Å². The summed E-state index contributed by atoms with van der Waals surface area (Å²) in [5, 5.41) is 5.47. The highest BCUT2D eigenvalue weighted by molar-refractivity contribution is 6.02. The Kier molecular flexibility index (Phi) is 3.33. The van der Waals surface area contributed by atoms with E-state index in [0.29, 0.717) is 0 Å². The van der Waals surface area contributed by atoms with Crippen molar-refractivity contribution in [3.8, 4) is 0 Å². The van der Waals surface area contributed by atoms with Gasteiger partial charge >= 0.3 is 0 Å². The molecule has 0 fully saturated rings.